The number of carbonyl (C=O) groups is 1. The number of hydrogen-bond acceptors (Lipinski definition) is 3. The van der Waals surface area contributed by atoms with Gasteiger partial charge in [0, 0.05) is 5.56 Å². The maximum Gasteiger partial charge on any atom is 0.254 e. The second-order valence-corrected chi connectivity index (χ2v) is 6.17. The Kier molecular flexibility index (Phi) is 3.99. The molecule has 4 heteroatoms. The molecule has 2 aromatic carbocycles. The molecule has 1 N–H and O–H groups in total. The van der Waals surface area contributed by atoms with Gasteiger partial charge in [-0.25, -0.2) is 0 Å². The van der Waals surface area contributed by atoms with E-state index < -0.39 is 0 Å². The molecule has 2 aromatic rings. The highest BCUT2D eigenvalue weighted by atomic mass is 16.5. The van der Waals surface area contributed by atoms with Gasteiger partial charge in [0.15, 0.2) is 0 Å². The first-order valence-electron chi connectivity index (χ1n) is 7.77. The van der Waals surface area contributed by atoms with Crippen molar-refractivity contribution in [2.75, 3.05) is 13.1 Å². The van der Waals surface area contributed by atoms with Crippen LogP contribution in [0.25, 0.3) is 0 Å². The monoisotopic (exact) mass is 311 g/mol. The highest BCUT2D eigenvalue weighted by molar-refractivity contribution is 5.95. The third kappa shape index (κ3) is 3.02. The zero-order valence-electron chi connectivity index (χ0n) is 13.7. The smallest absolute Gasteiger partial charge is 0.254 e. The van der Waals surface area contributed by atoms with Gasteiger partial charge in [-0.05, 0) is 55.7 Å². The molecule has 0 atom stereocenters. The summed E-state index contributed by atoms with van der Waals surface area (Å²) in [7, 11) is 0. The van der Waals surface area contributed by atoms with E-state index in [4.69, 9.17) is 4.74 Å². The van der Waals surface area contributed by atoms with Crippen molar-refractivity contribution in [3.63, 3.8) is 0 Å². The summed E-state index contributed by atoms with van der Waals surface area (Å²) in [4.78, 5) is 14.2. The third-order valence-corrected chi connectivity index (χ3v) is 4.27. The van der Waals surface area contributed by atoms with Crippen molar-refractivity contribution in [2.24, 2.45) is 0 Å². The van der Waals surface area contributed by atoms with Crippen molar-refractivity contribution in [1.29, 1.82) is 0 Å². The zero-order chi connectivity index (χ0) is 16.6. The number of aryl methyl sites for hydroxylation is 3. The van der Waals surface area contributed by atoms with E-state index in [2.05, 4.69) is 0 Å². The molecule has 1 fully saturated rings. The molecule has 23 heavy (non-hydrogen) atoms. The number of para-hydroxylation sites is 1. The van der Waals surface area contributed by atoms with E-state index in [1.165, 1.54) is 0 Å². The van der Waals surface area contributed by atoms with Crippen LogP contribution in [0, 0.1) is 20.8 Å². The van der Waals surface area contributed by atoms with E-state index in [1.807, 2.05) is 32.0 Å². The van der Waals surface area contributed by atoms with Crippen LogP contribution < -0.4 is 4.74 Å². The van der Waals surface area contributed by atoms with Gasteiger partial charge in [-0.15, -0.1) is 0 Å². The minimum atomic E-state index is -0.0190. The fourth-order valence-electron chi connectivity index (χ4n) is 2.80. The van der Waals surface area contributed by atoms with Gasteiger partial charge in [-0.2, -0.15) is 0 Å². The van der Waals surface area contributed by atoms with Gasteiger partial charge >= 0.3 is 0 Å². The summed E-state index contributed by atoms with van der Waals surface area (Å²) in [5, 5.41) is 9.55. The van der Waals surface area contributed by atoms with E-state index in [9.17, 15) is 9.90 Å². The lowest BCUT2D eigenvalue weighted by molar-refractivity contribution is 0.0173. The minimum Gasteiger partial charge on any atom is -0.508 e. The number of benzene rings is 2. The van der Waals surface area contributed by atoms with Crippen molar-refractivity contribution in [3.8, 4) is 11.5 Å². The number of ether oxygens (including phenoxy) is 1. The van der Waals surface area contributed by atoms with Crippen LogP contribution >= 0.6 is 0 Å². The fraction of sp³-hybridized carbons (Fsp3) is 0.316. The Balaban J connectivity index is 1.62. The predicted molar refractivity (Wildman–Crippen MR) is 89.1 cm³/mol. The van der Waals surface area contributed by atoms with Gasteiger partial charge in [0.25, 0.3) is 5.91 Å². The van der Waals surface area contributed by atoms with Crippen LogP contribution in [0.15, 0.2) is 36.4 Å². The number of rotatable bonds is 3. The molecular weight excluding hydrogens is 290 g/mol. The van der Waals surface area contributed by atoms with Crippen LogP contribution in [0.1, 0.15) is 27.0 Å². The molecule has 1 aliphatic heterocycles. The van der Waals surface area contributed by atoms with Gasteiger partial charge in [0.1, 0.15) is 17.6 Å². The summed E-state index contributed by atoms with van der Waals surface area (Å²) >= 11 is 0. The zero-order valence-corrected chi connectivity index (χ0v) is 13.7. The second-order valence-electron chi connectivity index (χ2n) is 6.17. The largest absolute Gasteiger partial charge is 0.508 e. The summed E-state index contributed by atoms with van der Waals surface area (Å²) < 4.78 is 6.04. The Morgan fingerprint density at radius 1 is 1.09 bits per heavy atom. The molecule has 0 bridgehead atoms. The molecule has 1 heterocycles. The summed E-state index contributed by atoms with van der Waals surface area (Å²) in [6, 6.07) is 11.0. The van der Waals surface area contributed by atoms with Crippen molar-refractivity contribution >= 4 is 5.91 Å². The van der Waals surface area contributed by atoms with Crippen molar-refractivity contribution < 1.29 is 14.6 Å². The molecule has 1 saturated heterocycles. The molecule has 3 rings (SSSR count). The van der Waals surface area contributed by atoms with Crippen LogP contribution in [0.5, 0.6) is 11.5 Å². The minimum absolute atomic E-state index is 0.0190. The first-order valence-corrected chi connectivity index (χ1v) is 7.77. The van der Waals surface area contributed by atoms with Crippen LogP contribution in [-0.4, -0.2) is 35.1 Å². The fourth-order valence-corrected chi connectivity index (χ4v) is 2.80. The van der Waals surface area contributed by atoms with Crippen LogP contribution in [0.3, 0.4) is 0 Å². The molecule has 1 amide bonds. The molecule has 0 saturated carbocycles. The van der Waals surface area contributed by atoms with Crippen molar-refractivity contribution in [3.05, 3.63) is 58.7 Å². The van der Waals surface area contributed by atoms with E-state index >= 15 is 0 Å². The lowest BCUT2D eigenvalue weighted by Crippen LogP contribution is -2.56. The van der Waals surface area contributed by atoms with Crippen LogP contribution in [0.2, 0.25) is 0 Å². The topological polar surface area (TPSA) is 49.8 Å². The quantitative estimate of drug-likeness (QED) is 0.947. The Labute approximate surface area is 136 Å². The summed E-state index contributed by atoms with van der Waals surface area (Å²) in [6.45, 7) is 7.03. The molecule has 0 radical (unpaired) electrons. The molecule has 4 nitrogen and oxygen atoms in total. The lowest BCUT2D eigenvalue weighted by Gasteiger charge is -2.39. The average Bonchev–Trinajstić information content (AvgIpc) is 2.47. The maximum atomic E-state index is 12.4. The lowest BCUT2D eigenvalue weighted by atomic mass is 10.1. The van der Waals surface area contributed by atoms with E-state index in [1.54, 1.807) is 30.0 Å². The Morgan fingerprint density at radius 3 is 2.35 bits per heavy atom. The predicted octanol–water partition coefficient (Wildman–Crippen LogP) is 3.22. The standard InChI is InChI=1S/C19H21NO3/c1-12-5-4-6-13(2)18(12)23-16-10-20(11-16)19(22)15-7-8-17(21)14(3)9-15/h4-9,16,21H,10-11H2,1-3H3. The Bertz CT molecular complexity index is 728. The van der Waals surface area contributed by atoms with Crippen LogP contribution in [-0.2, 0) is 0 Å². The molecule has 0 unspecified atom stereocenters. The number of aromatic hydroxyl groups is 1. The number of amides is 1. The Hall–Kier alpha value is -2.49. The molecule has 0 aromatic heterocycles. The van der Waals surface area contributed by atoms with Gasteiger partial charge in [-0.3, -0.25) is 4.79 Å². The first-order chi connectivity index (χ1) is 11.0. The summed E-state index contributed by atoms with van der Waals surface area (Å²) in [5.41, 5.74) is 3.54. The first kappa shape index (κ1) is 15.4. The summed E-state index contributed by atoms with van der Waals surface area (Å²) in [6.07, 6.45) is 0.0389. The van der Waals surface area contributed by atoms with Gasteiger partial charge in [-0.1, -0.05) is 18.2 Å². The van der Waals surface area contributed by atoms with Gasteiger partial charge in [0.05, 0.1) is 13.1 Å². The number of phenolic OH excluding ortho intramolecular Hbond substituents is 1. The van der Waals surface area contributed by atoms with Gasteiger partial charge in [0.2, 0.25) is 0 Å². The average molecular weight is 311 g/mol. The van der Waals surface area contributed by atoms with Crippen molar-refractivity contribution in [2.45, 2.75) is 26.9 Å². The second kappa shape index (κ2) is 5.95. The molecule has 1 aliphatic rings. The number of phenols is 1. The van der Waals surface area contributed by atoms with Crippen molar-refractivity contribution in [1.82, 2.24) is 4.90 Å². The maximum absolute atomic E-state index is 12.4. The van der Waals surface area contributed by atoms with Gasteiger partial charge < -0.3 is 14.7 Å². The number of carbonyl (C=O) groups excluding carboxylic acids is 1. The molecule has 0 spiro atoms. The Morgan fingerprint density at radius 2 is 1.74 bits per heavy atom. The summed E-state index contributed by atoms with van der Waals surface area (Å²) in [5.74, 6) is 1.11. The van der Waals surface area contributed by atoms with E-state index in [0.717, 1.165) is 16.9 Å². The highest BCUT2D eigenvalue weighted by Crippen LogP contribution is 2.27. The molecular formula is C19H21NO3. The van der Waals surface area contributed by atoms with E-state index in [-0.39, 0.29) is 17.8 Å². The number of nitrogens with zero attached hydrogens (tertiary/aromatic N) is 1. The number of likely N-dealkylation sites (tertiary alicyclic amines) is 1. The molecule has 120 valence electrons. The highest BCUT2D eigenvalue weighted by Gasteiger charge is 2.33. The number of hydrogen-bond donors (Lipinski definition) is 1. The third-order valence-electron chi connectivity index (χ3n) is 4.27. The molecule has 0 aliphatic carbocycles. The SMILES string of the molecule is Cc1cc(C(=O)N2CC(Oc3c(C)cccc3C)C2)ccc1O. The normalized spacial score (nSPS) is 14.5. The van der Waals surface area contributed by atoms with E-state index in [0.29, 0.717) is 24.2 Å². The van der Waals surface area contributed by atoms with Crippen LogP contribution in [0.4, 0.5) is 0 Å².